The molecule has 172 valence electrons. The summed E-state index contributed by atoms with van der Waals surface area (Å²) in [5.74, 6) is 0.364. The van der Waals surface area contributed by atoms with Gasteiger partial charge in [0, 0.05) is 17.6 Å². The van der Waals surface area contributed by atoms with Crippen molar-refractivity contribution in [3.63, 3.8) is 0 Å². The van der Waals surface area contributed by atoms with E-state index in [9.17, 15) is 13.2 Å². The smallest absolute Gasteiger partial charge is 0.264 e. The topological polar surface area (TPSA) is 57.7 Å². The summed E-state index contributed by atoms with van der Waals surface area (Å²) in [6.45, 7) is 1.08. The van der Waals surface area contributed by atoms with Crippen LogP contribution in [0.5, 0.6) is 0 Å². The minimum atomic E-state index is -3.88. The first-order valence-corrected chi connectivity index (χ1v) is 13.3. The van der Waals surface area contributed by atoms with Crippen LogP contribution in [-0.2, 0) is 21.2 Å². The first-order chi connectivity index (χ1) is 15.9. The van der Waals surface area contributed by atoms with E-state index in [1.807, 2.05) is 6.07 Å². The molecular weight excluding hydrogens is 500 g/mol. The monoisotopic (exact) mass is 526 g/mol. The van der Waals surface area contributed by atoms with E-state index >= 15 is 0 Å². The molecule has 1 aliphatic rings. The molecule has 0 unspecified atom stereocenters. The SMILES string of the molecule is O=C(CN(c1ccc(Br)cc1)S(=O)(=O)c1ccccc1)N1CCC(Cc2ccccc2)CC1. The van der Waals surface area contributed by atoms with Crippen molar-refractivity contribution in [3.8, 4) is 0 Å². The Balaban J connectivity index is 1.47. The van der Waals surface area contributed by atoms with Crippen LogP contribution in [0.1, 0.15) is 18.4 Å². The molecule has 1 fully saturated rings. The first-order valence-electron chi connectivity index (χ1n) is 11.1. The van der Waals surface area contributed by atoms with E-state index in [0.29, 0.717) is 24.7 Å². The summed E-state index contributed by atoms with van der Waals surface area (Å²) < 4.78 is 28.9. The van der Waals surface area contributed by atoms with Crippen LogP contribution in [0.2, 0.25) is 0 Å². The van der Waals surface area contributed by atoms with Crippen molar-refractivity contribution in [2.45, 2.75) is 24.2 Å². The number of carbonyl (C=O) groups is 1. The zero-order chi connectivity index (χ0) is 23.3. The highest BCUT2D eigenvalue weighted by atomic mass is 79.9. The van der Waals surface area contributed by atoms with Gasteiger partial charge in [-0.05, 0) is 67.1 Å². The van der Waals surface area contributed by atoms with Gasteiger partial charge < -0.3 is 4.90 Å². The van der Waals surface area contributed by atoms with Gasteiger partial charge in [-0.2, -0.15) is 0 Å². The Labute approximate surface area is 204 Å². The van der Waals surface area contributed by atoms with E-state index < -0.39 is 10.0 Å². The molecule has 0 aromatic heterocycles. The van der Waals surface area contributed by atoms with Crippen LogP contribution in [-0.4, -0.2) is 38.9 Å². The van der Waals surface area contributed by atoms with Gasteiger partial charge in [-0.25, -0.2) is 8.42 Å². The van der Waals surface area contributed by atoms with Crippen molar-refractivity contribution in [1.82, 2.24) is 4.90 Å². The van der Waals surface area contributed by atoms with E-state index in [1.165, 1.54) is 9.87 Å². The number of hydrogen-bond acceptors (Lipinski definition) is 3. The van der Waals surface area contributed by atoms with Crippen molar-refractivity contribution in [2.24, 2.45) is 5.92 Å². The van der Waals surface area contributed by atoms with E-state index in [-0.39, 0.29) is 17.3 Å². The molecule has 0 spiro atoms. The lowest BCUT2D eigenvalue weighted by molar-refractivity contribution is -0.130. The standard InChI is InChI=1S/C26H27BrN2O3S/c27-23-11-13-24(14-12-23)29(33(31,32)25-9-5-2-6-10-25)20-26(30)28-17-15-22(16-18-28)19-21-7-3-1-4-8-21/h1-14,22H,15-20H2. The lowest BCUT2D eigenvalue weighted by Gasteiger charge is -2.34. The summed E-state index contributed by atoms with van der Waals surface area (Å²) >= 11 is 3.39. The van der Waals surface area contributed by atoms with E-state index in [1.54, 1.807) is 59.5 Å². The average Bonchev–Trinajstić information content (AvgIpc) is 2.85. The summed E-state index contributed by atoms with van der Waals surface area (Å²) in [5, 5.41) is 0. The van der Waals surface area contributed by atoms with Gasteiger partial charge in [-0.3, -0.25) is 9.10 Å². The molecule has 0 radical (unpaired) electrons. The Hall–Kier alpha value is -2.64. The van der Waals surface area contributed by atoms with Crippen molar-refractivity contribution < 1.29 is 13.2 Å². The van der Waals surface area contributed by atoms with Crippen LogP contribution >= 0.6 is 15.9 Å². The van der Waals surface area contributed by atoms with Crippen LogP contribution in [0.3, 0.4) is 0 Å². The van der Waals surface area contributed by atoms with Crippen LogP contribution in [0.15, 0.2) is 94.3 Å². The second-order valence-electron chi connectivity index (χ2n) is 8.32. The predicted molar refractivity (Wildman–Crippen MR) is 135 cm³/mol. The molecule has 1 saturated heterocycles. The number of halogens is 1. The van der Waals surface area contributed by atoms with Gasteiger partial charge in [0.1, 0.15) is 6.54 Å². The Bertz CT molecular complexity index is 1160. The van der Waals surface area contributed by atoms with Gasteiger partial charge in [0.2, 0.25) is 5.91 Å². The molecule has 3 aromatic carbocycles. The second kappa shape index (κ2) is 10.5. The van der Waals surface area contributed by atoms with Gasteiger partial charge in [0.25, 0.3) is 10.0 Å². The van der Waals surface area contributed by atoms with Crippen molar-refractivity contribution in [1.29, 1.82) is 0 Å². The van der Waals surface area contributed by atoms with E-state index in [4.69, 9.17) is 0 Å². The minimum Gasteiger partial charge on any atom is -0.341 e. The number of nitrogens with zero attached hydrogens (tertiary/aromatic N) is 2. The van der Waals surface area contributed by atoms with Gasteiger partial charge in [-0.15, -0.1) is 0 Å². The Morgan fingerprint density at radius 1 is 0.879 bits per heavy atom. The highest BCUT2D eigenvalue weighted by Crippen LogP contribution is 2.27. The maximum atomic E-state index is 13.4. The van der Waals surface area contributed by atoms with Gasteiger partial charge in [-0.1, -0.05) is 64.5 Å². The van der Waals surface area contributed by atoms with Crippen molar-refractivity contribution >= 4 is 37.5 Å². The van der Waals surface area contributed by atoms with Gasteiger partial charge in [0.05, 0.1) is 10.6 Å². The zero-order valence-corrected chi connectivity index (χ0v) is 20.7. The molecular formula is C26H27BrN2O3S. The molecule has 1 aliphatic heterocycles. The van der Waals surface area contributed by atoms with Crippen molar-refractivity contribution in [3.05, 3.63) is 95.0 Å². The lowest BCUT2D eigenvalue weighted by atomic mass is 9.90. The molecule has 0 bridgehead atoms. The third-order valence-electron chi connectivity index (χ3n) is 6.06. The normalized spacial score (nSPS) is 14.8. The predicted octanol–water partition coefficient (Wildman–Crippen LogP) is 5.13. The fourth-order valence-electron chi connectivity index (χ4n) is 4.20. The Kier molecular flexibility index (Phi) is 7.50. The Morgan fingerprint density at radius 3 is 2.06 bits per heavy atom. The minimum absolute atomic E-state index is 0.169. The van der Waals surface area contributed by atoms with Crippen LogP contribution in [0.25, 0.3) is 0 Å². The molecule has 1 amide bonds. The third kappa shape index (κ3) is 5.84. The fourth-order valence-corrected chi connectivity index (χ4v) is 5.90. The number of piperidine rings is 1. The fraction of sp³-hybridized carbons (Fsp3) is 0.269. The summed E-state index contributed by atoms with van der Waals surface area (Å²) in [5.41, 5.74) is 1.78. The number of carbonyl (C=O) groups excluding carboxylic acids is 1. The summed E-state index contributed by atoms with van der Waals surface area (Å²) in [6.07, 6.45) is 2.85. The number of rotatable bonds is 7. The number of likely N-dealkylation sites (tertiary alicyclic amines) is 1. The molecule has 3 aromatic rings. The van der Waals surface area contributed by atoms with E-state index in [2.05, 4.69) is 40.2 Å². The number of benzene rings is 3. The molecule has 5 nitrogen and oxygen atoms in total. The van der Waals surface area contributed by atoms with E-state index in [0.717, 1.165) is 23.7 Å². The van der Waals surface area contributed by atoms with Crippen LogP contribution < -0.4 is 4.31 Å². The molecule has 0 N–H and O–H groups in total. The number of hydrogen-bond donors (Lipinski definition) is 0. The molecule has 0 saturated carbocycles. The van der Waals surface area contributed by atoms with Crippen LogP contribution in [0, 0.1) is 5.92 Å². The summed E-state index contributed by atoms with van der Waals surface area (Å²) in [6, 6.07) is 25.6. The molecule has 0 aliphatic carbocycles. The maximum Gasteiger partial charge on any atom is 0.264 e. The lowest BCUT2D eigenvalue weighted by Crippen LogP contribution is -2.46. The molecule has 33 heavy (non-hydrogen) atoms. The quantitative estimate of drug-likeness (QED) is 0.429. The molecule has 1 heterocycles. The van der Waals surface area contributed by atoms with Crippen molar-refractivity contribution in [2.75, 3.05) is 23.9 Å². The summed E-state index contributed by atoms with van der Waals surface area (Å²) in [7, 11) is -3.88. The molecule has 4 rings (SSSR count). The largest absolute Gasteiger partial charge is 0.341 e. The molecule has 0 atom stereocenters. The zero-order valence-electron chi connectivity index (χ0n) is 18.3. The highest BCUT2D eigenvalue weighted by molar-refractivity contribution is 9.10. The van der Waals surface area contributed by atoms with Gasteiger partial charge in [0.15, 0.2) is 0 Å². The number of sulfonamides is 1. The first kappa shape index (κ1) is 23.5. The molecule has 7 heteroatoms. The summed E-state index contributed by atoms with van der Waals surface area (Å²) in [4.78, 5) is 15.2. The number of anilines is 1. The van der Waals surface area contributed by atoms with Crippen LogP contribution in [0.4, 0.5) is 5.69 Å². The average molecular weight is 527 g/mol. The number of amides is 1. The third-order valence-corrected chi connectivity index (χ3v) is 8.38. The highest BCUT2D eigenvalue weighted by Gasteiger charge is 2.30. The second-order valence-corrected chi connectivity index (χ2v) is 11.1. The van der Waals surface area contributed by atoms with Gasteiger partial charge >= 0.3 is 0 Å². The maximum absolute atomic E-state index is 13.4. The Morgan fingerprint density at radius 2 is 1.45 bits per heavy atom.